The Morgan fingerprint density at radius 2 is 2.23 bits per heavy atom. The van der Waals surface area contributed by atoms with Gasteiger partial charge >= 0.3 is 0 Å². The predicted molar refractivity (Wildman–Crippen MR) is 48.0 cm³/mol. The van der Waals surface area contributed by atoms with Crippen LogP contribution in [0.3, 0.4) is 0 Å². The predicted octanol–water partition coefficient (Wildman–Crippen LogP) is -0.660. The monoisotopic (exact) mass is 209 g/mol. The van der Waals surface area contributed by atoms with Crippen LogP contribution in [0.4, 0.5) is 0 Å². The normalized spacial score (nSPS) is 29.4. The first kappa shape index (κ1) is 10.9. The minimum atomic E-state index is -3.32. The van der Waals surface area contributed by atoms with E-state index in [0.29, 0.717) is 0 Å². The number of hydrogen-bond acceptors (Lipinski definition) is 5. The van der Waals surface area contributed by atoms with E-state index < -0.39 is 10.1 Å². The fourth-order valence-corrected chi connectivity index (χ4v) is 1.71. The smallest absolute Gasteiger partial charge is 0.264 e. The Bertz CT molecular complexity index is 251. The van der Waals surface area contributed by atoms with Crippen molar-refractivity contribution in [1.29, 1.82) is 0 Å². The second-order valence-electron chi connectivity index (χ2n) is 3.19. The molecule has 1 heterocycles. The molecule has 0 aromatic heterocycles. The highest BCUT2D eigenvalue weighted by molar-refractivity contribution is 7.85. The Kier molecular flexibility index (Phi) is 3.66. The first-order valence-electron chi connectivity index (χ1n) is 4.12. The topological polar surface area (TPSA) is 64.6 Å². The van der Waals surface area contributed by atoms with Crippen molar-refractivity contribution in [2.24, 2.45) is 0 Å². The lowest BCUT2D eigenvalue weighted by Gasteiger charge is -2.08. The molecule has 1 aliphatic heterocycles. The molecule has 13 heavy (non-hydrogen) atoms. The van der Waals surface area contributed by atoms with E-state index in [1.54, 1.807) is 7.11 Å². The molecule has 0 unspecified atom stereocenters. The maximum absolute atomic E-state index is 10.7. The number of hydrogen-bond donors (Lipinski definition) is 1. The summed E-state index contributed by atoms with van der Waals surface area (Å²) >= 11 is 0. The van der Waals surface area contributed by atoms with Gasteiger partial charge in [-0.15, -0.1) is 0 Å². The largest absolute Gasteiger partial charge is 0.380 e. The SMILES string of the molecule is CO[C@H]1CN[C@H](COS(C)(=O)=O)C1. The minimum Gasteiger partial charge on any atom is -0.380 e. The molecule has 0 aromatic carbocycles. The first-order chi connectivity index (χ1) is 6.01. The molecule has 0 spiro atoms. The van der Waals surface area contributed by atoms with Gasteiger partial charge in [0.05, 0.1) is 19.0 Å². The van der Waals surface area contributed by atoms with Gasteiger partial charge in [-0.2, -0.15) is 8.42 Å². The van der Waals surface area contributed by atoms with Gasteiger partial charge in [-0.3, -0.25) is 4.18 Å². The first-order valence-corrected chi connectivity index (χ1v) is 5.93. The van der Waals surface area contributed by atoms with E-state index in [4.69, 9.17) is 4.74 Å². The Labute approximate surface area is 78.5 Å². The summed E-state index contributed by atoms with van der Waals surface area (Å²) in [6, 6.07) is 0.0830. The maximum atomic E-state index is 10.7. The van der Waals surface area contributed by atoms with Gasteiger partial charge in [0.25, 0.3) is 10.1 Å². The number of ether oxygens (including phenoxy) is 1. The van der Waals surface area contributed by atoms with Gasteiger partial charge in [0, 0.05) is 19.7 Å². The van der Waals surface area contributed by atoms with E-state index in [1.807, 2.05) is 0 Å². The molecule has 6 heteroatoms. The lowest BCUT2D eigenvalue weighted by molar-refractivity contribution is 0.115. The summed E-state index contributed by atoms with van der Waals surface area (Å²) in [5.74, 6) is 0. The van der Waals surface area contributed by atoms with Crippen molar-refractivity contribution in [3.8, 4) is 0 Å². The van der Waals surface area contributed by atoms with E-state index in [9.17, 15) is 8.42 Å². The minimum absolute atomic E-state index is 0.0830. The van der Waals surface area contributed by atoms with Crippen molar-refractivity contribution < 1.29 is 17.3 Å². The maximum Gasteiger partial charge on any atom is 0.264 e. The molecule has 5 nitrogen and oxygen atoms in total. The highest BCUT2D eigenvalue weighted by Gasteiger charge is 2.24. The van der Waals surface area contributed by atoms with Crippen LogP contribution in [0, 0.1) is 0 Å². The summed E-state index contributed by atoms with van der Waals surface area (Å²) in [7, 11) is -1.67. The molecule has 0 aliphatic carbocycles. The van der Waals surface area contributed by atoms with E-state index in [-0.39, 0.29) is 18.8 Å². The van der Waals surface area contributed by atoms with Crippen molar-refractivity contribution in [2.75, 3.05) is 26.5 Å². The fourth-order valence-electron chi connectivity index (χ4n) is 1.29. The standard InChI is InChI=1S/C7H15NO4S/c1-11-7-3-6(8-4-7)5-12-13(2,9)10/h6-8H,3-5H2,1-2H3/t6-,7+/m0/s1. The molecular formula is C7H15NO4S. The molecule has 0 aromatic rings. The number of nitrogens with one attached hydrogen (secondary N) is 1. The summed E-state index contributed by atoms with van der Waals surface area (Å²) in [4.78, 5) is 0. The average molecular weight is 209 g/mol. The molecule has 2 atom stereocenters. The highest BCUT2D eigenvalue weighted by Crippen LogP contribution is 2.10. The van der Waals surface area contributed by atoms with Crippen molar-refractivity contribution in [3.63, 3.8) is 0 Å². The molecule has 0 amide bonds. The second kappa shape index (κ2) is 4.36. The van der Waals surface area contributed by atoms with Gasteiger partial charge in [0.2, 0.25) is 0 Å². The summed E-state index contributed by atoms with van der Waals surface area (Å²) < 4.78 is 31.1. The van der Waals surface area contributed by atoms with Gasteiger partial charge in [-0.25, -0.2) is 0 Å². The third-order valence-electron chi connectivity index (χ3n) is 2.00. The van der Waals surface area contributed by atoms with E-state index in [1.165, 1.54) is 0 Å². The molecule has 78 valence electrons. The van der Waals surface area contributed by atoms with E-state index in [2.05, 4.69) is 9.50 Å². The van der Waals surface area contributed by atoms with Crippen LogP contribution in [0.15, 0.2) is 0 Å². The highest BCUT2D eigenvalue weighted by atomic mass is 32.2. The zero-order chi connectivity index (χ0) is 9.90. The van der Waals surface area contributed by atoms with Crippen LogP contribution in [-0.4, -0.2) is 47.1 Å². The van der Waals surface area contributed by atoms with Gasteiger partial charge in [0.15, 0.2) is 0 Å². The molecule has 1 saturated heterocycles. The van der Waals surface area contributed by atoms with Crippen LogP contribution in [0.1, 0.15) is 6.42 Å². The van der Waals surface area contributed by atoms with Gasteiger partial charge in [0.1, 0.15) is 0 Å². The van der Waals surface area contributed by atoms with E-state index in [0.717, 1.165) is 19.2 Å². The quantitative estimate of drug-likeness (QED) is 0.623. The molecule has 0 radical (unpaired) electrons. The summed E-state index contributed by atoms with van der Waals surface area (Å²) in [5.41, 5.74) is 0. The molecule has 1 fully saturated rings. The van der Waals surface area contributed by atoms with Gasteiger partial charge < -0.3 is 10.1 Å². The van der Waals surface area contributed by atoms with Crippen LogP contribution in [0.2, 0.25) is 0 Å². The van der Waals surface area contributed by atoms with E-state index >= 15 is 0 Å². The van der Waals surface area contributed by atoms with Gasteiger partial charge in [-0.05, 0) is 6.42 Å². The van der Waals surface area contributed by atoms with Crippen molar-refractivity contribution >= 4 is 10.1 Å². The summed E-state index contributed by atoms with van der Waals surface area (Å²) in [6.45, 7) is 0.951. The Hall–Kier alpha value is -0.170. The Morgan fingerprint density at radius 3 is 2.69 bits per heavy atom. The molecular weight excluding hydrogens is 194 g/mol. The van der Waals surface area contributed by atoms with Crippen molar-refractivity contribution in [3.05, 3.63) is 0 Å². The van der Waals surface area contributed by atoms with Crippen LogP contribution < -0.4 is 5.32 Å². The van der Waals surface area contributed by atoms with Crippen LogP contribution in [0.5, 0.6) is 0 Å². The van der Waals surface area contributed by atoms with Gasteiger partial charge in [-0.1, -0.05) is 0 Å². The third-order valence-corrected chi connectivity index (χ3v) is 2.56. The van der Waals surface area contributed by atoms with Crippen LogP contribution in [-0.2, 0) is 19.0 Å². The Morgan fingerprint density at radius 1 is 1.54 bits per heavy atom. The molecule has 1 N–H and O–H groups in total. The number of rotatable bonds is 4. The zero-order valence-electron chi connectivity index (χ0n) is 7.82. The summed E-state index contributed by atoms with van der Waals surface area (Å²) in [5, 5.41) is 3.12. The third kappa shape index (κ3) is 4.04. The molecule has 0 saturated carbocycles. The second-order valence-corrected chi connectivity index (χ2v) is 4.83. The summed E-state index contributed by atoms with van der Waals surface area (Å²) in [6.07, 6.45) is 2.02. The van der Waals surface area contributed by atoms with Crippen molar-refractivity contribution in [1.82, 2.24) is 5.32 Å². The van der Waals surface area contributed by atoms with Crippen LogP contribution >= 0.6 is 0 Å². The van der Waals surface area contributed by atoms with Crippen LogP contribution in [0.25, 0.3) is 0 Å². The van der Waals surface area contributed by atoms with Crippen molar-refractivity contribution in [2.45, 2.75) is 18.6 Å². The average Bonchev–Trinajstić information content (AvgIpc) is 2.47. The number of methoxy groups -OCH3 is 1. The molecule has 1 rings (SSSR count). The lowest BCUT2D eigenvalue weighted by Crippen LogP contribution is -2.27. The Balaban J connectivity index is 2.25. The zero-order valence-corrected chi connectivity index (χ0v) is 8.63. The lowest BCUT2D eigenvalue weighted by atomic mass is 10.2. The molecule has 0 bridgehead atoms. The fraction of sp³-hybridized carbons (Fsp3) is 1.00. The molecule has 1 aliphatic rings.